The number of amides is 2. The zero-order valence-corrected chi connectivity index (χ0v) is 22.6. The molecule has 2 aromatic carbocycles. The van der Waals surface area contributed by atoms with Crippen LogP contribution in [0.5, 0.6) is 17.2 Å². The lowest BCUT2D eigenvalue weighted by Gasteiger charge is -2.42. The predicted octanol–water partition coefficient (Wildman–Crippen LogP) is 4.38. The molecule has 0 radical (unpaired) electrons. The molecule has 0 saturated carbocycles. The van der Waals surface area contributed by atoms with Crippen LogP contribution >= 0.6 is 23.2 Å². The van der Waals surface area contributed by atoms with Crippen molar-refractivity contribution >= 4 is 57.9 Å². The molecule has 2 amide bonds. The van der Waals surface area contributed by atoms with Crippen LogP contribution in [0.15, 0.2) is 36.7 Å². The second kappa shape index (κ2) is 11.0. The van der Waals surface area contributed by atoms with Gasteiger partial charge in [0.25, 0.3) is 0 Å². The first-order valence-electron chi connectivity index (χ1n) is 11.9. The molecular formula is C25H27Cl2N7O4. The average Bonchev–Trinajstić information content (AvgIpc) is 2.95. The molecule has 5 rings (SSSR count). The molecule has 0 aliphatic carbocycles. The Hall–Kier alpha value is -3.67. The zero-order valence-electron chi connectivity index (χ0n) is 21.0. The van der Waals surface area contributed by atoms with Crippen LogP contribution in [0, 0.1) is 0 Å². The lowest BCUT2D eigenvalue weighted by molar-refractivity contribution is 0.247. The van der Waals surface area contributed by atoms with Crippen molar-refractivity contribution in [2.45, 2.75) is 6.04 Å². The molecule has 3 aromatic rings. The monoisotopic (exact) mass is 559 g/mol. The first kappa shape index (κ1) is 26.0. The summed E-state index contributed by atoms with van der Waals surface area (Å²) in [7, 11) is 4.48. The van der Waals surface area contributed by atoms with Gasteiger partial charge in [-0.2, -0.15) is 0 Å². The number of anilines is 5. The SMILES string of the molecule is COc1cc(OC)c(Cl)c(NC(=O)N(C)c2cc(Nc3ccc4c(c3)OC[C@@H]3CNCCN43)ncn2)c1Cl. The maximum atomic E-state index is 13.1. The quantitative estimate of drug-likeness (QED) is 0.404. The summed E-state index contributed by atoms with van der Waals surface area (Å²) in [5.41, 5.74) is 2.05. The number of nitrogens with zero attached hydrogens (tertiary/aromatic N) is 4. The molecule has 2 aliphatic rings. The van der Waals surface area contributed by atoms with Crippen LogP contribution in [0.25, 0.3) is 0 Å². The van der Waals surface area contributed by atoms with E-state index in [0.717, 1.165) is 36.8 Å². The molecular weight excluding hydrogens is 533 g/mol. The molecule has 13 heteroatoms. The highest BCUT2D eigenvalue weighted by Gasteiger charge is 2.29. The van der Waals surface area contributed by atoms with Crippen molar-refractivity contribution in [2.75, 3.05) is 67.9 Å². The van der Waals surface area contributed by atoms with Crippen LogP contribution in [-0.2, 0) is 0 Å². The number of benzene rings is 2. The fourth-order valence-corrected chi connectivity index (χ4v) is 4.99. The average molecular weight is 560 g/mol. The first-order valence-corrected chi connectivity index (χ1v) is 12.6. The number of carbonyl (C=O) groups excluding carboxylic acids is 1. The smallest absolute Gasteiger partial charge is 0.327 e. The Kier molecular flexibility index (Phi) is 7.50. The van der Waals surface area contributed by atoms with E-state index in [1.165, 1.54) is 25.4 Å². The molecule has 0 bridgehead atoms. The van der Waals surface area contributed by atoms with Gasteiger partial charge < -0.3 is 35.1 Å². The summed E-state index contributed by atoms with van der Waals surface area (Å²) in [5, 5.41) is 9.67. The predicted molar refractivity (Wildman–Crippen MR) is 148 cm³/mol. The van der Waals surface area contributed by atoms with Gasteiger partial charge in [-0.25, -0.2) is 14.8 Å². The van der Waals surface area contributed by atoms with Crippen molar-refractivity contribution in [3.63, 3.8) is 0 Å². The number of hydrogen-bond acceptors (Lipinski definition) is 9. The number of carbonyl (C=O) groups is 1. The summed E-state index contributed by atoms with van der Waals surface area (Å²) in [5.74, 6) is 2.28. The third kappa shape index (κ3) is 5.04. The van der Waals surface area contributed by atoms with Crippen molar-refractivity contribution in [1.29, 1.82) is 0 Å². The van der Waals surface area contributed by atoms with Crippen molar-refractivity contribution in [3.05, 3.63) is 46.7 Å². The van der Waals surface area contributed by atoms with Gasteiger partial charge in [0.2, 0.25) is 0 Å². The van der Waals surface area contributed by atoms with E-state index in [-0.39, 0.29) is 15.7 Å². The minimum absolute atomic E-state index is 0.145. The molecule has 1 saturated heterocycles. The maximum absolute atomic E-state index is 13.1. The summed E-state index contributed by atoms with van der Waals surface area (Å²) >= 11 is 12.8. The van der Waals surface area contributed by atoms with E-state index in [1.54, 1.807) is 19.2 Å². The number of rotatable bonds is 6. The summed E-state index contributed by atoms with van der Waals surface area (Å²) in [6, 6.07) is 8.98. The molecule has 11 nitrogen and oxygen atoms in total. The van der Waals surface area contributed by atoms with Crippen molar-refractivity contribution in [3.8, 4) is 17.2 Å². The van der Waals surface area contributed by atoms with E-state index in [1.807, 2.05) is 18.2 Å². The Bertz CT molecular complexity index is 1330. The molecule has 0 unspecified atom stereocenters. The standard InChI is InChI=1S/C25H27Cl2N7O4/c1-33(25(35)32-24-22(26)18(36-2)9-19(37-3)23(24)27)21-10-20(29-13-30-21)31-14-4-5-16-17(8-14)38-12-15-11-28-6-7-34(15)16/h4-5,8-10,13,15,28H,6-7,11-12H2,1-3H3,(H,32,35)(H,29,30,31)/t15-/m0/s1. The lowest BCUT2D eigenvalue weighted by atomic mass is 10.1. The Labute approximate surface area is 230 Å². The number of ether oxygens (including phenoxy) is 3. The van der Waals surface area contributed by atoms with Gasteiger partial charge in [0.1, 0.15) is 51.9 Å². The van der Waals surface area contributed by atoms with Crippen LogP contribution in [0.2, 0.25) is 10.0 Å². The Balaban J connectivity index is 1.32. The molecule has 1 fully saturated rings. The molecule has 200 valence electrons. The van der Waals surface area contributed by atoms with Gasteiger partial charge in [-0.05, 0) is 12.1 Å². The van der Waals surface area contributed by atoms with Crippen LogP contribution in [-0.4, -0.2) is 69.5 Å². The van der Waals surface area contributed by atoms with E-state index >= 15 is 0 Å². The molecule has 3 heterocycles. The largest absolute Gasteiger partial charge is 0.495 e. The van der Waals surface area contributed by atoms with Crippen LogP contribution in [0.3, 0.4) is 0 Å². The third-order valence-electron chi connectivity index (χ3n) is 6.43. The van der Waals surface area contributed by atoms with E-state index in [2.05, 4.69) is 30.8 Å². The number of halogens is 2. The van der Waals surface area contributed by atoms with Crippen LogP contribution in [0.4, 0.5) is 33.5 Å². The lowest BCUT2D eigenvalue weighted by Crippen LogP contribution is -2.55. The molecule has 2 aliphatic heterocycles. The Morgan fingerprint density at radius 1 is 1.16 bits per heavy atom. The number of aromatic nitrogens is 2. The Morgan fingerprint density at radius 3 is 2.66 bits per heavy atom. The highest BCUT2D eigenvalue weighted by molar-refractivity contribution is 6.41. The minimum atomic E-state index is -0.526. The summed E-state index contributed by atoms with van der Waals surface area (Å²) < 4.78 is 16.5. The van der Waals surface area contributed by atoms with Gasteiger partial charge in [0.05, 0.1) is 31.6 Å². The van der Waals surface area contributed by atoms with E-state index in [0.29, 0.717) is 35.8 Å². The highest BCUT2D eigenvalue weighted by atomic mass is 35.5. The minimum Gasteiger partial charge on any atom is -0.495 e. The normalized spacial score (nSPS) is 16.0. The first-order chi connectivity index (χ1) is 18.4. The van der Waals surface area contributed by atoms with Crippen molar-refractivity contribution < 1.29 is 19.0 Å². The van der Waals surface area contributed by atoms with Gasteiger partial charge >= 0.3 is 6.03 Å². The van der Waals surface area contributed by atoms with E-state index in [9.17, 15) is 4.79 Å². The third-order valence-corrected chi connectivity index (χ3v) is 7.18. The van der Waals surface area contributed by atoms with E-state index < -0.39 is 6.03 Å². The van der Waals surface area contributed by atoms with Gasteiger partial charge in [-0.1, -0.05) is 23.2 Å². The van der Waals surface area contributed by atoms with Crippen LogP contribution < -0.4 is 40.0 Å². The van der Waals surface area contributed by atoms with Gasteiger partial charge in [0, 0.05) is 50.6 Å². The van der Waals surface area contributed by atoms with Gasteiger partial charge in [-0.3, -0.25) is 4.90 Å². The summed E-state index contributed by atoms with van der Waals surface area (Å²) in [6.45, 7) is 3.43. The number of hydrogen-bond donors (Lipinski definition) is 3. The molecule has 38 heavy (non-hydrogen) atoms. The number of fused-ring (bicyclic) bond motifs is 3. The molecule has 1 atom stereocenters. The summed E-state index contributed by atoms with van der Waals surface area (Å²) in [6.07, 6.45) is 1.37. The second-order valence-electron chi connectivity index (χ2n) is 8.70. The second-order valence-corrected chi connectivity index (χ2v) is 9.46. The zero-order chi connectivity index (χ0) is 26.8. The number of nitrogens with one attached hydrogen (secondary N) is 3. The van der Waals surface area contributed by atoms with Gasteiger partial charge in [0.15, 0.2) is 0 Å². The molecule has 0 spiro atoms. The van der Waals surface area contributed by atoms with Crippen LogP contribution in [0.1, 0.15) is 0 Å². The van der Waals surface area contributed by atoms with Gasteiger partial charge in [-0.15, -0.1) is 0 Å². The number of piperazine rings is 1. The van der Waals surface area contributed by atoms with Crippen molar-refractivity contribution in [2.24, 2.45) is 0 Å². The molecule has 1 aromatic heterocycles. The van der Waals surface area contributed by atoms with E-state index in [4.69, 9.17) is 37.4 Å². The number of methoxy groups -OCH3 is 2. The van der Waals surface area contributed by atoms with Crippen molar-refractivity contribution in [1.82, 2.24) is 15.3 Å². The number of urea groups is 1. The fourth-order valence-electron chi connectivity index (χ4n) is 4.39. The topological polar surface area (TPSA) is 113 Å². The maximum Gasteiger partial charge on any atom is 0.327 e. The fraction of sp³-hybridized carbons (Fsp3) is 0.320. The highest BCUT2D eigenvalue weighted by Crippen LogP contribution is 2.44. The Morgan fingerprint density at radius 2 is 1.92 bits per heavy atom. The molecule has 3 N–H and O–H groups in total. The summed E-state index contributed by atoms with van der Waals surface area (Å²) in [4.78, 5) is 25.3.